The van der Waals surface area contributed by atoms with Crippen molar-refractivity contribution in [3.63, 3.8) is 0 Å². The maximum absolute atomic E-state index is 12.6. The summed E-state index contributed by atoms with van der Waals surface area (Å²) in [6.45, 7) is 0.548. The number of hydrogen-bond acceptors (Lipinski definition) is 4. The minimum atomic E-state index is -4.72. The summed E-state index contributed by atoms with van der Waals surface area (Å²) in [5.74, 6) is 1.10. The van der Waals surface area contributed by atoms with Crippen molar-refractivity contribution in [2.24, 2.45) is 5.16 Å². The van der Waals surface area contributed by atoms with Gasteiger partial charge in [-0.2, -0.15) is 13.2 Å². The van der Waals surface area contributed by atoms with E-state index in [0.717, 1.165) is 0 Å². The molecule has 0 aliphatic rings. The second kappa shape index (κ2) is 7.53. The van der Waals surface area contributed by atoms with E-state index in [-0.39, 0.29) is 12.2 Å². The molecule has 0 atom stereocenters. The van der Waals surface area contributed by atoms with Crippen LogP contribution in [0.1, 0.15) is 5.56 Å². The molecule has 7 heteroatoms. The average Bonchev–Trinajstić information content (AvgIpc) is 2.53. The second-order valence-electron chi connectivity index (χ2n) is 4.48. The van der Waals surface area contributed by atoms with E-state index in [1.54, 1.807) is 0 Å². The first-order valence-electron chi connectivity index (χ1n) is 6.71. The van der Waals surface area contributed by atoms with Gasteiger partial charge in [0.1, 0.15) is 24.7 Å². The van der Waals surface area contributed by atoms with Crippen LogP contribution in [0.3, 0.4) is 0 Å². The zero-order chi connectivity index (χ0) is 16.7. The fourth-order valence-electron chi connectivity index (χ4n) is 1.82. The molecule has 23 heavy (non-hydrogen) atoms. The zero-order valence-electron chi connectivity index (χ0n) is 12.0. The van der Waals surface area contributed by atoms with Crippen LogP contribution in [0.4, 0.5) is 13.2 Å². The summed E-state index contributed by atoms with van der Waals surface area (Å²) in [7, 11) is 0. The van der Waals surface area contributed by atoms with Crippen LogP contribution in [-0.2, 0) is 0 Å². The van der Waals surface area contributed by atoms with Gasteiger partial charge in [0.25, 0.3) is 0 Å². The van der Waals surface area contributed by atoms with Gasteiger partial charge < -0.3 is 14.7 Å². The molecule has 0 spiro atoms. The molecule has 2 aromatic rings. The normalized spacial score (nSPS) is 12.0. The molecule has 0 heterocycles. The van der Waals surface area contributed by atoms with Crippen LogP contribution in [0.15, 0.2) is 59.8 Å². The highest BCUT2D eigenvalue weighted by Gasteiger charge is 2.37. The van der Waals surface area contributed by atoms with Crippen LogP contribution in [-0.4, -0.2) is 30.3 Å². The predicted octanol–water partition coefficient (Wildman–Crippen LogP) is 3.89. The topological polar surface area (TPSA) is 51.1 Å². The van der Waals surface area contributed by atoms with Gasteiger partial charge in [0.05, 0.1) is 0 Å². The van der Waals surface area contributed by atoms with Gasteiger partial charge in [0.2, 0.25) is 0 Å². The summed E-state index contributed by atoms with van der Waals surface area (Å²) < 4.78 is 48.5. The second-order valence-corrected chi connectivity index (χ2v) is 4.48. The summed E-state index contributed by atoms with van der Waals surface area (Å²) in [6, 6.07) is 14.3. The molecule has 0 aliphatic heterocycles. The van der Waals surface area contributed by atoms with Crippen LogP contribution < -0.4 is 9.47 Å². The van der Waals surface area contributed by atoms with Gasteiger partial charge in [0, 0.05) is 5.56 Å². The van der Waals surface area contributed by atoms with Crippen LogP contribution >= 0.6 is 0 Å². The number of benzene rings is 2. The Balaban J connectivity index is 1.86. The Hall–Kier alpha value is -2.70. The molecule has 122 valence electrons. The molecular formula is C16H14F3NO3. The maximum Gasteiger partial charge on any atom is 0.437 e. The van der Waals surface area contributed by atoms with Crippen molar-refractivity contribution in [1.82, 2.24) is 0 Å². The summed E-state index contributed by atoms with van der Waals surface area (Å²) in [5.41, 5.74) is -1.59. The minimum Gasteiger partial charge on any atom is -0.490 e. The molecule has 0 amide bonds. The lowest BCUT2D eigenvalue weighted by Gasteiger charge is -2.10. The average molecular weight is 325 g/mol. The molecular weight excluding hydrogens is 311 g/mol. The van der Waals surface area contributed by atoms with Gasteiger partial charge >= 0.3 is 6.18 Å². The van der Waals surface area contributed by atoms with Crippen molar-refractivity contribution in [1.29, 1.82) is 0 Å². The Morgan fingerprint density at radius 3 is 1.87 bits per heavy atom. The summed E-state index contributed by atoms with van der Waals surface area (Å²) in [6.07, 6.45) is -4.72. The van der Waals surface area contributed by atoms with Crippen molar-refractivity contribution in [3.8, 4) is 11.5 Å². The third-order valence-electron chi connectivity index (χ3n) is 2.86. The quantitative estimate of drug-likeness (QED) is 0.379. The fraction of sp³-hybridized carbons (Fsp3) is 0.188. The van der Waals surface area contributed by atoms with E-state index in [0.29, 0.717) is 18.1 Å². The monoisotopic (exact) mass is 325 g/mol. The Morgan fingerprint density at radius 1 is 0.870 bits per heavy atom. The molecule has 1 N–H and O–H groups in total. The van der Waals surface area contributed by atoms with Crippen molar-refractivity contribution in [3.05, 3.63) is 60.2 Å². The molecule has 0 saturated carbocycles. The smallest absolute Gasteiger partial charge is 0.437 e. The number of alkyl halides is 3. The van der Waals surface area contributed by atoms with Crippen LogP contribution in [0, 0.1) is 0 Å². The van der Waals surface area contributed by atoms with E-state index in [1.807, 2.05) is 30.3 Å². The third kappa shape index (κ3) is 4.91. The van der Waals surface area contributed by atoms with E-state index in [4.69, 9.17) is 14.7 Å². The number of rotatable bonds is 6. The number of oxime groups is 1. The highest BCUT2D eigenvalue weighted by Crippen LogP contribution is 2.23. The van der Waals surface area contributed by atoms with Crippen LogP contribution in [0.2, 0.25) is 0 Å². The highest BCUT2D eigenvalue weighted by molar-refractivity contribution is 6.04. The first-order chi connectivity index (χ1) is 11.0. The standard InChI is InChI=1S/C16H14F3NO3/c17-16(18,19)15(20-21)12-6-8-14(9-7-12)23-11-10-22-13-4-2-1-3-5-13/h1-9,21H,10-11H2. The summed E-state index contributed by atoms with van der Waals surface area (Å²) in [5, 5.41) is 10.8. The van der Waals surface area contributed by atoms with E-state index in [9.17, 15) is 13.2 Å². The molecule has 0 aliphatic carbocycles. The summed E-state index contributed by atoms with van der Waals surface area (Å²) >= 11 is 0. The van der Waals surface area contributed by atoms with Gasteiger partial charge in [-0.15, -0.1) is 0 Å². The van der Waals surface area contributed by atoms with Crippen molar-refractivity contribution >= 4 is 5.71 Å². The minimum absolute atomic E-state index is 0.243. The van der Waals surface area contributed by atoms with Gasteiger partial charge in [-0.3, -0.25) is 0 Å². The van der Waals surface area contributed by atoms with Gasteiger partial charge in [-0.1, -0.05) is 23.4 Å². The van der Waals surface area contributed by atoms with Gasteiger partial charge in [0.15, 0.2) is 5.71 Å². The van der Waals surface area contributed by atoms with Gasteiger partial charge in [-0.25, -0.2) is 0 Å². The Bertz CT molecular complexity index is 640. The lowest BCUT2D eigenvalue weighted by Crippen LogP contribution is -2.23. The van der Waals surface area contributed by atoms with E-state index in [1.165, 1.54) is 24.3 Å². The number of ether oxygens (including phenoxy) is 2. The Labute approximate surface area is 130 Å². The SMILES string of the molecule is ON=C(c1ccc(OCCOc2ccccc2)cc1)C(F)(F)F. The van der Waals surface area contributed by atoms with Crippen molar-refractivity contribution < 1.29 is 27.9 Å². The lowest BCUT2D eigenvalue weighted by atomic mass is 10.1. The molecule has 0 aromatic heterocycles. The number of halogens is 3. The van der Waals surface area contributed by atoms with Crippen LogP contribution in [0.25, 0.3) is 0 Å². The number of hydrogen-bond donors (Lipinski definition) is 1. The first kappa shape index (κ1) is 16.7. The van der Waals surface area contributed by atoms with E-state index in [2.05, 4.69) is 5.16 Å². The third-order valence-corrected chi connectivity index (χ3v) is 2.86. The Morgan fingerprint density at radius 2 is 1.39 bits per heavy atom. The molecule has 0 bridgehead atoms. The highest BCUT2D eigenvalue weighted by atomic mass is 19.4. The van der Waals surface area contributed by atoms with E-state index < -0.39 is 11.9 Å². The first-order valence-corrected chi connectivity index (χ1v) is 6.71. The van der Waals surface area contributed by atoms with Crippen LogP contribution in [0.5, 0.6) is 11.5 Å². The molecule has 0 fully saturated rings. The molecule has 0 radical (unpaired) electrons. The fourth-order valence-corrected chi connectivity index (χ4v) is 1.82. The molecule has 2 rings (SSSR count). The maximum atomic E-state index is 12.6. The summed E-state index contributed by atoms with van der Waals surface area (Å²) in [4.78, 5) is 0. The molecule has 2 aromatic carbocycles. The van der Waals surface area contributed by atoms with Crippen molar-refractivity contribution in [2.45, 2.75) is 6.18 Å². The van der Waals surface area contributed by atoms with Gasteiger partial charge in [-0.05, 0) is 36.4 Å². The number of nitrogens with zero attached hydrogens (tertiary/aromatic N) is 1. The zero-order valence-corrected chi connectivity index (χ0v) is 12.0. The number of para-hydroxylation sites is 1. The Kier molecular flexibility index (Phi) is 5.46. The molecule has 0 unspecified atom stereocenters. The predicted molar refractivity (Wildman–Crippen MR) is 78.3 cm³/mol. The molecule has 4 nitrogen and oxygen atoms in total. The van der Waals surface area contributed by atoms with E-state index >= 15 is 0 Å². The molecule has 0 saturated heterocycles. The van der Waals surface area contributed by atoms with Crippen molar-refractivity contribution in [2.75, 3.05) is 13.2 Å². The largest absolute Gasteiger partial charge is 0.490 e. The lowest BCUT2D eigenvalue weighted by molar-refractivity contribution is -0.0601.